The maximum absolute atomic E-state index is 12.5. The predicted molar refractivity (Wildman–Crippen MR) is 151 cm³/mol. The van der Waals surface area contributed by atoms with Crippen molar-refractivity contribution in [1.82, 2.24) is 19.8 Å². The number of carbonyl (C=O) groups is 4. The second-order valence-corrected chi connectivity index (χ2v) is 9.88. The number of rotatable bonds is 6. The van der Waals surface area contributed by atoms with Gasteiger partial charge in [0, 0.05) is 48.0 Å². The van der Waals surface area contributed by atoms with E-state index >= 15 is 0 Å². The predicted octanol–water partition coefficient (Wildman–Crippen LogP) is 4.45. The molecule has 2 aliphatic heterocycles. The van der Waals surface area contributed by atoms with Gasteiger partial charge in [0.15, 0.2) is 12.6 Å². The van der Waals surface area contributed by atoms with E-state index in [-0.39, 0.29) is 11.8 Å². The molecule has 0 atom stereocenters. The molecule has 0 saturated carbocycles. The third-order valence-corrected chi connectivity index (χ3v) is 7.54. The van der Waals surface area contributed by atoms with Gasteiger partial charge in [0.25, 0.3) is 11.8 Å². The van der Waals surface area contributed by atoms with Crippen LogP contribution in [0.25, 0.3) is 21.8 Å². The van der Waals surface area contributed by atoms with Crippen molar-refractivity contribution in [2.45, 2.75) is 25.7 Å². The van der Waals surface area contributed by atoms with E-state index in [1.807, 2.05) is 12.1 Å². The number of nitrogens with zero attached hydrogens (tertiary/aromatic N) is 2. The highest BCUT2D eigenvalue weighted by molar-refractivity contribution is 6.11. The van der Waals surface area contributed by atoms with E-state index in [9.17, 15) is 19.2 Å². The van der Waals surface area contributed by atoms with E-state index in [0.29, 0.717) is 34.0 Å². The third-order valence-electron chi connectivity index (χ3n) is 7.54. The zero-order valence-electron chi connectivity index (χ0n) is 22.6. The number of nitrogens with one attached hydrogen (secondary N) is 2. The lowest BCUT2D eigenvalue weighted by Gasteiger charge is -2.14. The van der Waals surface area contributed by atoms with Crippen molar-refractivity contribution in [3.8, 4) is 11.5 Å². The smallest absolute Gasteiger partial charge is 0.271 e. The molecule has 208 valence electrons. The molecule has 0 unspecified atom stereocenters. The molecule has 0 aliphatic carbocycles. The van der Waals surface area contributed by atoms with Gasteiger partial charge in [-0.15, -0.1) is 0 Å². The van der Waals surface area contributed by atoms with Crippen molar-refractivity contribution in [2.75, 3.05) is 40.4 Å². The standard InChI is InChI=1S/2C15H16N2O3/c2*1-20-10-4-5-13-11(8-10)12(9-18)14(16-13)15(19)17-6-2-3-7-17/h2*4-5,8-9,16H,2-3,6-7H2,1H3. The van der Waals surface area contributed by atoms with Crippen molar-refractivity contribution in [2.24, 2.45) is 0 Å². The molecule has 4 aromatic rings. The van der Waals surface area contributed by atoms with E-state index in [1.165, 1.54) is 0 Å². The quantitative estimate of drug-likeness (QED) is 0.346. The maximum Gasteiger partial charge on any atom is 0.271 e. The Morgan fingerprint density at radius 3 is 1.38 bits per heavy atom. The summed E-state index contributed by atoms with van der Waals surface area (Å²) in [6.07, 6.45) is 5.57. The third kappa shape index (κ3) is 5.04. The molecule has 2 amide bonds. The zero-order valence-corrected chi connectivity index (χ0v) is 22.6. The number of ether oxygens (including phenoxy) is 2. The highest BCUT2D eigenvalue weighted by Crippen LogP contribution is 2.28. The minimum atomic E-state index is -0.0974. The van der Waals surface area contributed by atoms with Crippen LogP contribution in [0.15, 0.2) is 36.4 Å². The van der Waals surface area contributed by atoms with Crippen LogP contribution in [0.1, 0.15) is 67.4 Å². The van der Waals surface area contributed by atoms with Crippen LogP contribution in [-0.2, 0) is 0 Å². The second kappa shape index (κ2) is 11.6. The van der Waals surface area contributed by atoms with Gasteiger partial charge in [-0.1, -0.05) is 0 Å². The number of amides is 2. The van der Waals surface area contributed by atoms with Gasteiger partial charge < -0.3 is 29.2 Å². The molecule has 4 heterocycles. The second-order valence-electron chi connectivity index (χ2n) is 9.88. The normalized spacial score (nSPS) is 14.8. The van der Waals surface area contributed by atoms with Gasteiger partial charge in [0.2, 0.25) is 0 Å². The first-order valence-corrected chi connectivity index (χ1v) is 13.4. The Morgan fingerprint density at radius 1 is 0.675 bits per heavy atom. The number of aldehydes is 2. The molecule has 10 heteroatoms. The molecule has 0 spiro atoms. The highest BCUT2D eigenvalue weighted by Gasteiger charge is 2.26. The summed E-state index contributed by atoms with van der Waals surface area (Å²) in [6, 6.07) is 10.8. The minimum Gasteiger partial charge on any atom is -0.497 e. The monoisotopic (exact) mass is 544 g/mol. The molecule has 2 aromatic carbocycles. The zero-order chi connectivity index (χ0) is 28.2. The van der Waals surface area contributed by atoms with Gasteiger partial charge in [-0.05, 0) is 62.1 Å². The maximum atomic E-state index is 12.5. The molecule has 0 radical (unpaired) electrons. The number of aromatic nitrogens is 2. The molecule has 2 N–H and O–H groups in total. The lowest BCUT2D eigenvalue weighted by Crippen LogP contribution is -2.28. The number of carbonyl (C=O) groups excluding carboxylic acids is 4. The summed E-state index contributed by atoms with van der Waals surface area (Å²) in [5.41, 5.74) is 3.13. The van der Waals surface area contributed by atoms with Gasteiger partial charge in [0.05, 0.1) is 25.3 Å². The number of hydrogen-bond donors (Lipinski definition) is 2. The van der Waals surface area contributed by atoms with Crippen LogP contribution in [0.3, 0.4) is 0 Å². The lowest BCUT2D eigenvalue weighted by molar-refractivity contribution is 0.0778. The molecular weight excluding hydrogens is 512 g/mol. The molecular formula is C30H32N4O6. The Hall–Kier alpha value is -4.60. The highest BCUT2D eigenvalue weighted by atomic mass is 16.5. The van der Waals surface area contributed by atoms with Crippen LogP contribution in [0.2, 0.25) is 0 Å². The fourth-order valence-corrected chi connectivity index (χ4v) is 5.38. The molecule has 6 rings (SSSR count). The number of likely N-dealkylation sites (tertiary alicyclic amines) is 2. The average Bonchev–Trinajstić information content (AvgIpc) is 3.81. The summed E-state index contributed by atoms with van der Waals surface area (Å²) in [5.74, 6) is 1.14. The fourth-order valence-electron chi connectivity index (χ4n) is 5.38. The van der Waals surface area contributed by atoms with Crippen LogP contribution in [0.5, 0.6) is 11.5 Å². The number of hydrogen-bond acceptors (Lipinski definition) is 6. The lowest BCUT2D eigenvalue weighted by atomic mass is 10.1. The van der Waals surface area contributed by atoms with Gasteiger partial charge >= 0.3 is 0 Å². The van der Waals surface area contributed by atoms with Crippen LogP contribution < -0.4 is 9.47 Å². The first-order chi connectivity index (χ1) is 19.5. The number of H-pyrrole nitrogens is 2. The van der Waals surface area contributed by atoms with Gasteiger partial charge in [-0.3, -0.25) is 19.2 Å². The molecule has 0 bridgehead atoms. The van der Waals surface area contributed by atoms with Gasteiger partial charge in [0.1, 0.15) is 22.9 Å². The van der Waals surface area contributed by atoms with E-state index in [1.54, 1.807) is 48.3 Å². The number of aromatic amines is 2. The van der Waals surface area contributed by atoms with E-state index in [0.717, 1.165) is 86.2 Å². The Morgan fingerprint density at radius 2 is 1.05 bits per heavy atom. The largest absolute Gasteiger partial charge is 0.497 e. The Bertz CT molecular complexity index is 1460. The Balaban J connectivity index is 0.000000161. The first-order valence-electron chi connectivity index (χ1n) is 13.4. The molecule has 10 nitrogen and oxygen atoms in total. The van der Waals surface area contributed by atoms with Crippen LogP contribution in [0.4, 0.5) is 0 Å². The summed E-state index contributed by atoms with van der Waals surface area (Å²) in [7, 11) is 3.15. The molecule has 2 fully saturated rings. The summed E-state index contributed by atoms with van der Waals surface area (Å²) in [5, 5.41) is 1.45. The Kier molecular flexibility index (Phi) is 7.86. The van der Waals surface area contributed by atoms with Crippen LogP contribution in [0, 0.1) is 0 Å². The number of benzene rings is 2. The minimum absolute atomic E-state index is 0.0974. The molecule has 2 aromatic heterocycles. The topological polar surface area (TPSA) is 125 Å². The summed E-state index contributed by atoms with van der Waals surface area (Å²) >= 11 is 0. The van der Waals surface area contributed by atoms with Crippen molar-refractivity contribution >= 4 is 46.2 Å². The number of fused-ring (bicyclic) bond motifs is 2. The van der Waals surface area contributed by atoms with Gasteiger partial charge in [-0.2, -0.15) is 0 Å². The Labute approximate surface area is 231 Å². The summed E-state index contributed by atoms with van der Waals surface area (Å²) in [4.78, 5) is 57.4. The van der Waals surface area contributed by atoms with Crippen molar-refractivity contribution in [3.05, 3.63) is 58.9 Å². The van der Waals surface area contributed by atoms with E-state index in [4.69, 9.17) is 9.47 Å². The number of methoxy groups -OCH3 is 2. The molecule has 40 heavy (non-hydrogen) atoms. The SMILES string of the molecule is COc1ccc2[nH]c(C(=O)N3CCCC3)c(C=O)c2c1.COc1ccc2[nH]c(C(=O)N3CCCC3)c(C=O)c2c1. The molecule has 2 saturated heterocycles. The summed E-state index contributed by atoms with van der Waals surface area (Å²) in [6.45, 7) is 3.04. The van der Waals surface area contributed by atoms with Crippen LogP contribution >= 0.6 is 0 Å². The van der Waals surface area contributed by atoms with Crippen molar-refractivity contribution in [3.63, 3.8) is 0 Å². The molecule has 2 aliphatic rings. The van der Waals surface area contributed by atoms with Crippen LogP contribution in [-0.4, -0.2) is 84.6 Å². The first kappa shape index (κ1) is 27.0. The summed E-state index contributed by atoms with van der Waals surface area (Å²) < 4.78 is 10.3. The van der Waals surface area contributed by atoms with Gasteiger partial charge in [-0.25, -0.2) is 0 Å². The average molecular weight is 545 g/mol. The van der Waals surface area contributed by atoms with Crippen molar-refractivity contribution < 1.29 is 28.7 Å². The van der Waals surface area contributed by atoms with Crippen molar-refractivity contribution in [1.29, 1.82) is 0 Å². The fraction of sp³-hybridized carbons (Fsp3) is 0.333. The van der Waals surface area contributed by atoms with E-state index in [2.05, 4.69) is 9.97 Å². The van der Waals surface area contributed by atoms with E-state index < -0.39 is 0 Å².